The van der Waals surface area contributed by atoms with Gasteiger partial charge in [-0.05, 0) is 6.92 Å². The molecule has 1 saturated heterocycles. The van der Waals surface area contributed by atoms with Gasteiger partial charge in [0.25, 0.3) is 5.79 Å². The lowest BCUT2D eigenvalue weighted by molar-refractivity contribution is -0.338. The number of carboxylic acids is 1. The molecule has 13 heavy (non-hydrogen) atoms. The zero-order chi connectivity index (χ0) is 10.3. The first-order chi connectivity index (χ1) is 5.76. The fourth-order valence-electron chi connectivity index (χ4n) is 0.845. The summed E-state index contributed by atoms with van der Waals surface area (Å²) in [5.41, 5.74) is 0. The number of carbonyl (C=O) groups is 1. The highest BCUT2D eigenvalue weighted by atomic mass is 19.4. The highest BCUT2D eigenvalue weighted by Crippen LogP contribution is 2.38. The smallest absolute Gasteiger partial charge is 0.442 e. The summed E-state index contributed by atoms with van der Waals surface area (Å²) in [6.07, 6.45) is -6.27. The van der Waals surface area contributed by atoms with Crippen LogP contribution in [0.15, 0.2) is 0 Å². The van der Waals surface area contributed by atoms with E-state index < -0.39 is 30.6 Å². The summed E-state index contributed by atoms with van der Waals surface area (Å²) in [7, 11) is 0. The number of carboxylic acid groups (broad SMARTS) is 1. The Balaban J connectivity index is 2.72. The van der Waals surface area contributed by atoms with Gasteiger partial charge in [0.1, 0.15) is 0 Å². The largest absolute Gasteiger partial charge is 0.479 e. The van der Waals surface area contributed by atoms with Crippen molar-refractivity contribution in [2.45, 2.75) is 25.0 Å². The molecule has 1 N–H and O–H groups in total. The Labute approximate surface area is 71.2 Å². The second kappa shape index (κ2) is 2.85. The predicted molar refractivity (Wildman–Crippen MR) is 32.9 cm³/mol. The highest BCUT2D eigenvalue weighted by Gasteiger charge is 2.59. The third-order valence-corrected chi connectivity index (χ3v) is 1.67. The molecule has 0 amide bonds. The molecule has 0 aromatic heterocycles. The summed E-state index contributed by atoms with van der Waals surface area (Å²) in [6.45, 7) is 0.0568. The van der Waals surface area contributed by atoms with Gasteiger partial charge in [-0.3, -0.25) is 0 Å². The highest BCUT2D eigenvalue weighted by molar-refractivity contribution is 5.72. The molecule has 0 aromatic rings. The number of rotatable bonds is 1. The van der Waals surface area contributed by atoms with Gasteiger partial charge in [-0.2, -0.15) is 13.2 Å². The van der Waals surface area contributed by atoms with Crippen LogP contribution in [0, 0.1) is 0 Å². The molecule has 1 aliphatic rings. The average Bonchev–Trinajstić information content (AvgIpc) is 2.31. The van der Waals surface area contributed by atoms with Crippen molar-refractivity contribution in [3.05, 3.63) is 0 Å². The molecule has 0 bridgehead atoms. The van der Waals surface area contributed by atoms with Crippen LogP contribution in [-0.2, 0) is 14.3 Å². The molecule has 1 heterocycles. The molecule has 0 aliphatic carbocycles. The fraction of sp³-hybridized carbons (Fsp3) is 0.833. The van der Waals surface area contributed by atoms with Gasteiger partial charge < -0.3 is 14.6 Å². The van der Waals surface area contributed by atoms with Crippen molar-refractivity contribution in [1.82, 2.24) is 0 Å². The van der Waals surface area contributed by atoms with Crippen molar-refractivity contribution < 1.29 is 32.5 Å². The van der Waals surface area contributed by atoms with Gasteiger partial charge >= 0.3 is 12.1 Å². The number of ether oxygens (including phenoxy) is 2. The summed E-state index contributed by atoms with van der Waals surface area (Å²) in [5, 5.41) is 8.34. The first-order valence-corrected chi connectivity index (χ1v) is 3.37. The molecule has 1 rings (SSSR count). The van der Waals surface area contributed by atoms with Crippen molar-refractivity contribution in [2.75, 3.05) is 6.61 Å². The molecule has 4 nitrogen and oxygen atoms in total. The number of aliphatic carboxylic acids is 1. The molecular formula is C6H7F3O4. The molecule has 1 aliphatic heterocycles. The number of halogens is 3. The molecule has 2 atom stereocenters. The van der Waals surface area contributed by atoms with Crippen molar-refractivity contribution in [3.63, 3.8) is 0 Å². The Hall–Kier alpha value is -0.820. The first kappa shape index (κ1) is 10.3. The van der Waals surface area contributed by atoms with Gasteiger partial charge in [0.15, 0.2) is 6.10 Å². The van der Waals surface area contributed by atoms with Gasteiger partial charge in [-0.1, -0.05) is 0 Å². The molecule has 7 heteroatoms. The van der Waals surface area contributed by atoms with E-state index in [1.165, 1.54) is 0 Å². The summed E-state index contributed by atoms with van der Waals surface area (Å²) in [6, 6.07) is 0. The molecular weight excluding hydrogens is 193 g/mol. The van der Waals surface area contributed by atoms with Crippen LogP contribution >= 0.6 is 0 Å². The molecule has 0 radical (unpaired) electrons. The topological polar surface area (TPSA) is 55.8 Å². The van der Waals surface area contributed by atoms with Crippen molar-refractivity contribution in [2.24, 2.45) is 0 Å². The standard InChI is InChI=1S/C6H7F3O4/c1-5(6(7,8)9)12-2-3(13-5)4(10)11/h3H,2H2,1H3,(H,10,11)/t3-,5-/m1/s1. The number of alkyl halides is 3. The maximum absolute atomic E-state index is 12.1. The summed E-state index contributed by atoms with van der Waals surface area (Å²) in [4.78, 5) is 10.2. The molecule has 1 fully saturated rings. The average molecular weight is 200 g/mol. The summed E-state index contributed by atoms with van der Waals surface area (Å²) >= 11 is 0. The Morgan fingerprint density at radius 3 is 2.38 bits per heavy atom. The zero-order valence-electron chi connectivity index (χ0n) is 6.59. The van der Waals surface area contributed by atoms with Crippen molar-refractivity contribution in [1.29, 1.82) is 0 Å². The second-order valence-electron chi connectivity index (χ2n) is 2.70. The molecule has 0 saturated carbocycles. The van der Waals surface area contributed by atoms with E-state index in [0.717, 1.165) is 0 Å². The van der Waals surface area contributed by atoms with E-state index in [-0.39, 0.29) is 0 Å². The van der Waals surface area contributed by atoms with E-state index in [4.69, 9.17) is 5.11 Å². The quantitative estimate of drug-likeness (QED) is 0.679. The van der Waals surface area contributed by atoms with E-state index in [1.54, 1.807) is 0 Å². The lowest BCUT2D eigenvalue weighted by Crippen LogP contribution is -2.44. The molecule has 0 unspecified atom stereocenters. The Morgan fingerprint density at radius 2 is 2.15 bits per heavy atom. The Bertz CT molecular complexity index is 226. The minimum atomic E-state index is -4.72. The van der Waals surface area contributed by atoms with Crippen LogP contribution in [-0.4, -0.2) is 35.8 Å². The number of hydrogen-bond donors (Lipinski definition) is 1. The van der Waals surface area contributed by atoms with Gasteiger partial charge in [-0.15, -0.1) is 0 Å². The predicted octanol–water partition coefficient (Wildman–Crippen LogP) is 0.765. The van der Waals surface area contributed by atoms with Crippen LogP contribution in [0.25, 0.3) is 0 Å². The summed E-state index contributed by atoms with van der Waals surface area (Å²) in [5.74, 6) is -4.26. The third-order valence-electron chi connectivity index (χ3n) is 1.67. The van der Waals surface area contributed by atoms with Crippen LogP contribution in [0.5, 0.6) is 0 Å². The first-order valence-electron chi connectivity index (χ1n) is 3.37. The normalized spacial score (nSPS) is 34.9. The third kappa shape index (κ3) is 1.75. The fourth-order valence-corrected chi connectivity index (χ4v) is 0.845. The lowest BCUT2D eigenvalue weighted by atomic mass is 10.3. The van der Waals surface area contributed by atoms with Gasteiger partial charge in [0.05, 0.1) is 6.61 Å². The van der Waals surface area contributed by atoms with Crippen LogP contribution < -0.4 is 0 Å². The minimum absolute atomic E-state index is 0.592. The van der Waals surface area contributed by atoms with E-state index in [0.29, 0.717) is 6.92 Å². The summed E-state index contributed by atoms with van der Waals surface area (Å²) < 4.78 is 44.9. The van der Waals surface area contributed by atoms with E-state index >= 15 is 0 Å². The van der Waals surface area contributed by atoms with Crippen molar-refractivity contribution >= 4 is 5.97 Å². The van der Waals surface area contributed by atoms with Crippen molar-refractivity contribution in [3.8, 4) is 0 Å². The van der Waals surface area contributed by atoms with Gasteiger partial charge in [0, 0.05) is 0 Å². The van der Waals surface area contributed by atoms with Crippen LogP contribution in [0.2, 0.25) is 0 Å². The maximum Gasteiger partial charge on any atom is 0.442 e. The van der Waals surface area contributed by atoms with Crippen LogP contribution in [0.4, 0.5) is 13.2 Å². The van der Waals surface area contributed by atoms with E-state index in [2.05, 4.69) is 9.47 Å². The monoisotopic (exact) mass is 200 g/mol. The van der Waals surface area contributed by atoms with E-state index in [9.17, 15) is 18.0 Å². The van der Waals surface area contributed by atoms with Crippen LogP contribution in [0.1, 0.15) is 6.92 Å². The van der Waals surface area contributed by atoms with Gasteiger partial charge in [0.2, 0.25) is 0 Å². The van der Waals surface area contributed by atoms with E-state index in [1.807, 2.05) is 0 Å². The molecule has 0 spiro atoms. The SMILES string of the molecule is C[C@@]1(C(F)(F)F)OC[C@H](C(=O)O)O1. The zero-order valence-corrected chi connectivity index (χ0v) is 6.59. The number of hydrogen-bond acceptors (Lipinski definition) is 3. The minimum Gasteiger partial charge on any atom is -0.479 e. The Morgan fingerprint density at radius 1 is 1.62 bits per heavy atom. The maximum atomic E-state index is 12.1. The molecule has 76 valence electrons. The van der Waals surface area contributed by atoms with Crippen LogP contribution in [0.3, 0.4) is 0 Å². The second-order valence-corrected chi connectivity index (χ2v) is 2.70. The lowest BCUT2D eigenvalue weighted by Gasteiger charge is -2.25. The van der Waals surface area contributed by atoms with Gasteiger partial charge in [-0.25, -0.2) is 4.79 Å². The molecule has 0 aromatic carbocycles. The Kier molecular flexibility index (Phi) is 2.25.